The van der Waals surface area contributed by atoms with E-state index in [1.54, 1.807) is 12.1 Å². The molecule has 4 nitrogen and oxygen atoms in total. The maximum absolute atomic E-state index is 12.7. The van der Waals surface area contributed by atoms with E-state index in [-0.39, 0.29) is 5.82 Å². The van der Waals surface area contributed by atoms with Crippen LogP contribution in [-0.4, -0.2) is 47.6 Å². The first-order valence-electron chi connectivity index (χ1n) is 6.08. The molecule has 2 rings (SSSR count). The largest absolute Gasteiger partial charge is 0.314 e. The van der Waals surface area contributed by atoms with Gasteiger partial charge in [0.05, 0.1) is 5.75 Å². The van der Waals surface area contributed by atoms with E-state index in [0.717, 1.165) is 32.7 Å². The van der Waals surface area contributed by atoms with Gasteiger partial charge in [-0.25, -0.2) is 8.60 Å². The Morgan fingerprint density at radius 1 is 1.28 bits per heavy atom. The Morgan fingerprint density at radius 3 is 2.61 bits per heavy atom. The number of benzene rings is 1. The molecule has 0 aromatic heterocycles. The Balaban J connectivity index is 1.73. The number of piperazine rings is 1. The molecule has 0 amide bonds. The van der Waals surface area contributed by atoms with Crippen molar-refractivity contribution in [3.8, 4) is 0 Å². The molecule has 1 aromatic carbocycles. The molecule has 0 spiro atoms. The summed E-state index contributed by atoms with van der Waals surface area (Å²) in [5.41, 5.74) is 0.690. The van der Waals surface area contributed by atoms with Crippen LogP contribution in [0.3, 0.4) is 0 Å². The highest BCUT2D eigenvalue weighted by molar-refractivity contribution is 7.86. The van der Waals surface area contributed by atoms with E-state index in [4.69, 9.17) is 0 Å². The summed E-state index contributed by atoms with van der Waals surface area (Å²) in [6, 6.07) is 5.90. The Labute approximate surface area is 109 Å². The van der Waals surface area contributed by atoms with Gasteiger partial charge in [-0.3, -0.25) is 4.90 Å². The Kier molecular flexibility index (Phi) is 5.10. The molecule has 2 N–H and O–H groups in total. The molecule has 1 unspecified atom stereocenters. The highest BCUT2D eigenvalue weighted by Gasteiger charge is 2.10. The molecular weight excluding hydrogens is 253 g/mol. The summed E-state index contributed by atoms with van der Waals surface area (Å²) in [5.74, 6) is 0.296. The fraction of sp³-hybridized carbons (Fsp3) is 0.500. The SMILES string of the molecule is O=S(CCN1CCNCC1)Nc1ccc(F)cc1. The van der Waals surface area contributed by atoms with Gasteiger partial charge in [0, 0.05) is 38.4 Å². The third-order valence-corrected chi connectivity index (χ3v) is 3.90. The predicted octanol–water partition coefficient (Wildman–Crippen LogP) is 0.806. The average molecular weight is 271 g/mol. The standard InChI is InChI=1S/C12H18FN3OS/c13-11-1-3-12(4-2-11)15-18(17)10-9-16-7-5-14-6-8-16/h1-4,14-15H,5-10H2. The second kappa shape index (κ2) is 6.82. The molecule has 6 heteroatoms. The van der Waals surface area contributed by atoms with E-state index < -0.39 is 11.0 Å². The molecular formula is C12H18FN3OS. The first-order valence-corrected chi connectivity index (χ1v) is 7.39. The van der Waals surface area contributed by atoms with Gasteiger partial charge in [0.2, 0.25) is 0 Å². The third kappa shape index (κ3) is 4.36. The minimum absolute atomic E-state index is 0.285. The van der Waals surface area contributed by atoms with E-state index in [1.807, 2.05) is 0 Å². The fourth-order valence-corrected chi connectivity index (χ4v) is 2.77. The minimum atomic E-state index is -1.11. The van der Waals surface area contributed by atoms with Crippen molar-refractivity contribution in [3.63, 3.8) is 0 Å². The van der Waals surface area contributed by atoms with Gasteiger partial charge >= 0.3 is 0 Å². The maximum atomic E-state index is 12.7. The van der Waals surface area contributed by atoms with Crippen molar-refractivity contribution in [2.45, 2.75) is 0 Å². The van der Waals surface area contributed by atoms with Crippen LogP contribution in [0.25, 0.3) is 0 Å². The van der Waals surface area contributed by atoms with Gasteiger partial charge in [0.15, 0.2) is 0 Å². The zero-order valence-electron chi connectivity index (χ0n) is 10.2. The normalized spacial score (nSPS) is 18.5. The molecule has 1 heterocycles. The second-order valence-corrected chi connectivity index (χ2v) is 5.55. The first-order chi connectivity index (χ1) is 8.74. The lowest BCUT2D eigenvalue weighted by Gasteiger charge is -2.26. The van der Waals surface area contributed by atoms with Gasteiger partial charge in [-0.15, -0.1) is 0 Å². The summed E-state index contributed by atoms with van der Waals surface area (Å²) in [6.45, 7) is 4.83. The second-order valence-electron chi connectivity index (χ2n) is 4.25. The lowest BCUT2D eigenvalue weighted by Crippen LogP contribution is -2.45. The average Bonchev–Trinajstić information content (AvgIpc) is 2.40. The summed E-state index contributed by atoms with van der Waals surface area (Å²) in [6.07, 6.45) is 0. The quantitative estimate of drug-likeness (QED) is 0.833. The summed E-state index contributed by atoms with van der Waals surface area (Å²) < 4.78 is 27.4. The molecule has 0 bridgehead atoms. The summed E-state index contributed by atoms with van der Waals surface area (Å²) in [4.78, 5) is 2.29. The summed E-state index contributed by atoms with van der Waals surface area (Å²) in [5, 5.41) is 3.28. The Morgan fingerprint density at radius 2 is 1.94 bits per heavy atom. The molecule has 1 aliphatic rings. The van der Waals surface area contributed by atoms with Crippen molar-refractivity contribution >= 4 is 16.7 Å². The monoisotopic (exact) mass is 271 g/mol. The molecule has 1 aliphatic heterocycles. The number of anilines is 1. The van der Waals surface area contributed by atoms with Crippen LogP contribution in [0.15, 0.2) is 24.3 Å². The smallest absolute Gasteiger partial charge is 0.123 e. The van der Waals surface area contributed by atoms with Crippen LogP contribution in [0.2, 0.25) is 0 Å². The van der Waals surface area contributed by atoms with Crippen molar-refractivity contribution < 1.29 is 8.60 Å². The van der Waals surface area contributed by atoms with Gasteiger partial charge in [-0.1, -0.05) is 0 Å². The van der Waals surface area contributed by atoms with Gasteiger partial charge in [0.25, 0.3) is 0 Å². The number of rotatable bonds is 5. The van der Waals surface area contributed by atoms with E-state index >= 15 is 0 Å². The van der Waals surface area contributed by atoms with Crippen LogP contribution in [0.4, 0.5) is 10.1 Å². The van der Waals surface area contributed by atoms with Crippen molar-refractivity contribution in [1.82, 2.24) is 10.2 Å². The topological polar surface area (TPSA) is 44.4 Å². The summed E-state index contributed by atoms with van der Waals surface area (Å²) >= 11 is 0. The van der Waals surface area contributed by atoms with Crippen LogP contribution in [0.5, 0.6) is 0 Å². The van der Waals surface area contributed by atoms with Crippen molar-refractivity contribution in [1.29, 1.82) is 0 Å². The number of nitrogens with zero attached hydrogens (tertiary/aromatic N) is 1. The number of nitrogens with one attached hydrogen (secondary N) is 2. The molecule has 18 heavy (non-hydrogen) atoms. The first kappa shape index (κ1) is 13.5. The van der Waals surface area contributed by atoms with Crippen molar-refractivity contribution in [2.75, 3.05) is 43.2 Å². The summed E-state index contributed by atoms with van der Waals surface area (Å²) in [7, 11) is -1.11. The maximum Gasteiger partial charge on any atom is 0.123 e. The van der Waals surface area contributed by atoms with Crippen LogP contribution < -0.4 is 10.0 Å². The number of halogens is 1. The number of hydrogen-bond donors (Lipinski definition) is 2. The molecule has 1 saturated heterocycles. The van der Waals surface area contributed by atoms with E-state index in [1.165, 1.54) is 12.1 Å². The number of hydrogen-bond acceptors (Lipinski definition) is 3. The van der Waals surface area contributed by atoms with Crippen LogP contribution in [-0.2, 0) is 11.0 Å². The zero-order valence-corrected chi connectivity index (χ0v) is 11.0. The van der Waals surface area contributed by atoms with Crippen LogP contribution in [0, 0.1) is 5.82 Å². The van der Waals surface area contributed by atoms with Gasteiger partial charge in [0.1, 0.15) is 16.8 Å². The highest BCUT2D eigenvalue weighted by atomic mass is 32.2. The van der Waals surface area contributed by atoms with E-state index in [0.29, 0.717) is 11.4 Å². The van der Waals surface area contributed by atoms with Crippen molar-refractivity contribution in [2.24, 2.45) is 0 Å². The van der Waals surface area contributed by atoms with Crippen molar-refractivity contribution in [3.05, 3.63) is 30.1 Å². The molecule has 0 saturated carbocycles. The molecule has 1 fully saturated rings. The van der Waals surface area contributed by atoms with E-state index in [2.05, 4.69) is 14.9 Å². The van der Waals surface area contributed by atoms with Crippen LogP contribution >= 0.6 is 0 Å². The van der Waals surface area contributed by atoms with E-state index in [9.17, 15) is 8.60 Å². The predicted molar refractivity (Wildman–Crippen MR) is 72.3 cm³/mol. The molecule has 0 radical (unpaired) electrons. The minimum Gasteiger partial charge on any atom is -0.314 e. The van der Waals surface area contributed by atoms with Gasteiger partial charge < -0.3 is 10.0 Å². The molecule has 1 atom stereocenters. The zero-order chi connectivity index (χ0) is 12.8. The third-order valence-electron chi connectivity index (χ3n) is 2.88. The highest BCUT2D eigenvalue weighted by Crippen LogP contribution is 2.09. The molecule has 1 aromatic rings. The fourth-order valence-electron chi connectivity index (χ4n) is 1.85. The lowest BCUT2D eigenvalue weighted by molar-refractivity contribution is 0.254. The molecule has 0 aliphatic carbocycles. The molecule has 100 valence electrons. The lowest BCUT2D eigenvalue weighted by atomic mass is 10.3. The van der Waals surface area contributed by atoms with Gasteiger partial charge in [-0.05, 0) is 24.3 Å². The Hall–Kier alpha value is -0.980. The van der Waals surface area contributed by atoms with Crippen LogP contribution in [0.1, 0.15) is 0 Å². The van der Waals surface area contributed by atoms with Gasteiger partial charge in [-0.2, -0.15) is 0 Å². The Bertz CT molecular complexity index is 393.